The molecule has 0 radical (unpaired) electrons. The summed E-state index contributed by atoms with van der Waals surface area (Å²) in [6, 6.07) is 20.9. The van der Waals surface area contributed by atoms with E-state index in [1.165, 1.54) is 60.3 Å². The van der Waals surface area contributed by atoms with Gasteiger partial charge < -0.3 is 5.32 Å². The maximum absolute atomic E-state index is 3.99. The van der Waals surface area contributed by atoms with Gasteiger partial charge in [0.25, 0.3) is 0 Å². The molecule has 1 N–H and O–H groups in total. The smallest absolute Gasteiger partial charge is 0.0589 e. The second kappa shape index (κ2) is 9.29. The highest BCUT2D eigenvalue weighted by Crippen LogP contribution is 2.33. The topological polar surface area (TPSA) is 12.0 Å². The molecule has 0 aromatic heterocycles. The van der Waals surface area contributed by atoms with Crippen LogP contribution in [0.5, 0.6) is 0 Å². The number of rotatable bonds is 7. The molecule has 1 aliphatic carbocycles. The average Bonchev–Trinajstić information content (AvgIpc) is 2.66. The van der Waals surface area contributed by atoms with Crippen molar-refractivity contribution < 1.29 is 0 Å². The lowest BCUT2D eigenvalue weighted by atomic mass is 9.92. The largest absolute Gasteiger partial charge is 0.303 e. The second-order valence-electron chi connectivity index (χ2n) is 6.73. The molecule has 1 atom stereocenters. The lowest BCUT2D eigenvalue weighted by Gasteiger charge is -2.30. The number of hydrogen-bond donors (Lipinski definition) is 1. The van der Waals surface area contributed by atoms with E-state index in [1.54, 1.807) is 0 Å². The summed E-state index contributed by atoms with van der Waals surface area (Å²) in [5.74, 6) is 1.18. The van der Waals surface area contributed by atoms with Crippen LogP contribution in [-0.4, -0.2) is 11.8 Å². The molecule has 0 amide bonds. The van der Waals surface area contributed by atoms with Crippen molar-refractivity contribution in [2.75, 3.05) is 5.75 Å². The van der Waals surface area contributed by atoms with Crippen LogP contribution in [0, 0.1) is 0 Å². The molecule has 128 valence electrons. The fourth-order valence-corrected chi connectivity index (χ4v) is 4.53. The number of benzene rings is 2. The van der Waals surface area contributed by atoms with Crippen molar-refractivity contribution in [3.05, 3.63) is 65.7 Å². The Morgan fingerprint density at radius 3 is 2.42 bits per heavy atom. The van der Waals surface area contributed by atoms with Gasteiger partial charge in [-0.15, -0.1) is 11.8 Å². The number of nitrogens with one attached hydrogen (secondary N) is 1. The van der Waals surface area contributed by atoms with Gasteiger partial charge in [0.1, 0.15) is 0 Å². The van der Waals surface area contributed by atoms with E-state index in [4.69, 9.17) is 0 Å². The Morgan fingerprint density at radius 1 is 0.958 bits per heavy atom. The monoisotopic (exact) mass is 339 g/mol. The molecular formula is C22H29NS. The van der Waals surface area contributed by atoms with Gasteiger partial charge in [-0.25, -0.2) is 0 Å². The normalized spacial score (nSPS) is 16.9. The Balaban J connectivity index is 1.89. The van der Waals surface area contributed by atoms with Crippen LogP contribution in [-0.2, 0) is 0 Å². The molecule has 3 rings (SSSR count). The van der Waals surface area contributed by atoms with E-state index in [0.29, 0.717) is 12.1 Å². The van der Waals surface area contributed by atoms with E-state index in [1.807, 2.05) is 11.8 Å². The van der Waals surface area contributed by atoms with Crippen molar-refractivity contribution >= 4 is 11.8 Å². The summed E-state index contributed by atoms with van der Waals surface area (Å²) >= 11 is 1.99. The molecule has 1 nitrogen and oxygen atoms in total. The SMILES string of the molecule is CCCSc1ccccc1C(NC1CCCCC1)c1ccccc1. The minimum atomic E-state index is 0.301. The first-order valence-corrected chi connectivity index (χ1v) is 10.4. The Morgan fingerprint density at radius 2 is 1.67 bits per heavy atom. The van der Waals surface area contributed by atoms with Crippen molar-refractivity contribution in [2.24, 2.45) is 0 Å². The third kappa shape index (κ3) is 4.64. The molecule has 2 aromatic carbocycles. The average molecular weight is 340 g/mol. The van der Waals surface area contributed by atoms with Crippen LogP contribution in [0.2, 0.25) is 0 Å². The summed E-state index contributed by atoms with van der Waals surface area (Å²) in [7, 11) is 0. The molecule has 24 heavy (non-hydrogen) atoms. The molecule has 1 unspecified atom stereocenters. The van der Waals surface area contributed by atoms with Crippen molar-refractivity contribution in [1.29, 1.82) is 0 Å². The van der Waals surface area contributed by atoms with Crippen LogP contribution in [0.3, 0.4) is 0 Å². The Labute approximate surface area is 151 Å². The molecule has 0 heterocycles. The minimum Gasteiger partial charge on any atom is -0.303 e. The number of thioether (sulfide) groups is 1. The first-order valence-electron chi connectivity index (χ1n) is 9.41. The zero-order valence-corrected chi connectivity index (χ0v) is 15.5. The fourth-order valence-electron chi connectivity index (χ4n) is 3.58. The van der Waals surface area contributed by atoms with Crippen LogP contribution in [0.4, 0.5) is 0 Å². The van der Waals surface area contributed by atoms with Crippen molar-refractivity contribution in [3.8, 4) is 0 Å². The first-order chi connectivity index (χ1) is 11.9. The van der Waals surface area contributed by atoms with E-state index in [-0.39, 0.29) is 0 Å². The predicted molar refractivity (Wildman–Crippen MR) is 106 cm³/mol. The third-order valence-electron chi connectivity index (χ3n) is 4.83. The lowest BCUT2D eigenvalue weighted by Crippen LogP contribution is -2.35. The van der Waals surface area contributed by atoms with E-state index in [9.17, 15) is 0 Å². The zero-order valence-electron chi connectivity index (χ0n) is 14.7. The predicted octanol–water partition coefficient (Wildman–Crippen LogP) is 6.20. The van der Waals surface area contributed by atoms with Gasteiger partial charge in [0.05, 0.1) is 6.04 Å². The Bertz CT molecular complexity index is 604. The van der Waals surface area contributed by atoms with Gasteiger partial charge in [-0.1, -0.05) is 74.7 Å². The molecule has 1 fully saturated rings. The summed E-state index contributed by atoms with van der Waals surface area (Å²) < 4.78 is 0. The highest BCUT2D eigenvalue weighted by atomic mass is 32.2. The molecule has 0 bridgehead atoms. The summed E-state index contributed by atoms with van der Waals surface area (Å²) in [5.41, 5.74) is 2.82. The van der Waals surface area contributed by atoms with Gasteiger partial charge in [0.15, 0.2) is 0 Å². The highest BCUT2D eigenvalue weighted by molar-refractivity contribution is 7.99. The van der Waals surface area contributed by atoms with E-state index >= 15 is 0 Å². The molecule has 1 saturated carbocycles. The van der Waals surface area contributed by atoms with Gasteiger partial charge >= 0.3 is 0 Å². The second-order valence-corrected chi connectivity index (χ2v) is 7.87. The zero-order chi connectivity index (χ0) is 16.6. The van der Waals surface area contributed by atoms with Crippen molar-refractivity contribution in [3.63, 3.8) is 0 Å². The summed E-state index contributed by atoms with van der Waals surface area (Å²) in [5, 5.41) is 3.99. The van der Waals surface area contributed by atoms with E-state index < -0.39 is 0 Å². The fraction of sp³-hybridized carbons (Fsp3) is 0.455. The quantitative estimate of drug-likeness (QED) is 0.603. The third-order valence-corrected chi connectivity index (χ3v) is 6.13. The Kier molecular flexibility index (Phi) is 6.80. The molecule has 2 aromatic rings. The molecular weight excluding hydrogens is 310 g/mol. The van der Waals surface area contributed by atoms with Crippen LogP contribution in [0.25, 0.3) is 0 Å². The van der Waals surface area contributed by atoms with Gasteiger partial charge in [-0.3, -0.25) is 0 Å². The van der Waals surface area contributed by atoms with Gasteiger partial charge in [0.2, 0.25) is 0 Å². The van der Waals surface area contributed by atoms with E-state index in [0.717, 1.165) is 0 Å². The standard InChI is InChI=1S/C22H29NS/c1-2-17-24-21-16-10-9-15-20(21)22(18-11-5-3-6-12-18)23-19-13-7-4-8-14-19/h3,5-6,9-12,15-16,19,22-23H,2,4,7-8,13-14,17H2,1H3. The van der Waals surface area contributed by atoms with Gasteiger partial charge in [-0.2, -0.15) is 0 Å². The first kappa shape index (κ1) is 17.6. The van der Waals surface area contributed by atoms with Crippen LogP contribution in [0.15, 0.2) is 59.5 Å². The molecule has 2 heteroatoms. The van der Waals surface area contributed by atoms with E-state index in [2.05, 4.69) is 66.8 Å². The molecule has 0 aliphatic heterocycles. The van der Waals surface area contributed by atoms with Crippen LogP contribution >= 0.6 is 11.8 Å². The summed E-state index contributed by atoms with van der Waals surface area (Å²) in [4.78, 5) is 1.43. The maximum Gasteiger partial charge on any atom is 0.0589 e. The molecule has 1 aliphatic rings. The lowest BCUT2D eigenvalue weighted by molar-refractivity contribution is 0.353. The van der Waals surface area contributed by atoms with Gasteiger partial charge in [0, 0.05) is 10.9 Å². The minimum absolute atomic E-state index is 0.301. The van der Waals surface area contributed by atoms with Crippen molar-refractivity contribution in [2.45, 2.75) is 62.4 Å². The number of hydrogen-bond acceptors (Lipinski definition) is 2. The highest BCUT2D eigenvalue weighted by Gasteiger charge is 2.22. The van der Waals surface area contributed by atoms with Crippen LogP contribution in [0.1, 0.15) is 62.6 Å². The molecule has 0 saturated heterocycles. The summed E-state index contributed by atoms with van der Waals surface area (Å²) in [6.45, 7) is 2.25. The Hall–Kier alpha value is -1.25. The van der Waals surface area contributed by atoms with Crippen molar-refractivity contribution in [1.82, 2.24) is 5.32 Å². The van der Waals surface area contributed by atoms with Gasteiger partial charge in [-0.05, 0) is 42.2 Å². The maximum atomic E-state index is 3.99. The summed E-state index contributed by atoms with van der Waals surface area (Å²) in [6.07, 6.45) is 7.97. The van der Waals surface area contributed by atoms with Crippen LogP contribution < -0.4 is 5.32 Å². The molecule has 0 spiro atoms.